The van der Waals surface area contributed by atoms with E-state index in [1.807, 2.05) is 53.8 Å². The zero-order chi connectivity index (χ0) is 37.0. The second-order valence-corrected chi connectivity index (χ2v) is 16.0. The summed E-state index contributed by atoms with van der Waals surface area (Å²) in [5.74, 6) is 2.86. The molecule has 1 unspecified atom stereocenters. The SMILES string of the molecule is c1ccc(C2=Nc3c(sc4ccccc34)C(c3cccc(-c4ccc5sc6cccc(-c7nc(-c8ccccc8)nc(-c8ccccc8)n7)c6c5c4)c3)N2)cc1. The van der Waals surface area contributed by atoms with E-state index in [0.717, 1.165) is 50.3 Å². The average molecular weight is 754 g/mol. The number of thiophene rings is 2. The molecule has 0 fully saturated rings. The number of aliphatic imine (C=N–C) groups is 1. The molecule has 0 radical (unpaired) electrons. The number of benzene rings is 7. The van der Waals surface area contributed by atoms with Crippen molar-refractivity contribution in [3.63, 3.8) is 0 Å². The number of amidine groups is 1. The van der Waals surface area contributed by atoms with Crippen LogP contribution in [0.15, 0.2) is 181 Å². The number of fused-ring (bicyclic) bond motifs is 6. The summed E-state index contributed by atoms with van der Waals surface area (Å²) in [6, 6.07) is 61.5. The maximum absolute atomic E-state index is 5.20. The van der Waals surface area contributed by atoms with Crippen LogP contribution in [0.5, 0.6) is 0 Å². The van der Waals surface area contributed by atoms with Crippen LogP contribution in [-0.2, 0) is 0 Å². The van der Waals surface area contributed by atoms with E-state index in [4.69, 9.17) is 19.9 Å². The smallest absolute Gasteiger partial charge is 0.164 e. The molecule has 1 atom stereocenters. The highest BCUT2D eigenvalue weighted by atomic mass is 32.1. The van der Waals surface area contributed by atoms with E-state index in [2.05, 4.69) is 139 Å². The number of aromatic nitrogens is 3. The maximum atomic E-state index is 5.20. The Hall–Kier alpha value is -6.80. The molecule has 0 aliphatic carbocycles. The van der Waals surface area contributed by atoms with Crippen LogP contribution in [0, 0.1) is 0 Å². The van der Waals surface area contributed by atoms with Crippen LogP contribution in [0.1, 0.15) is 22.0 Å². The maximum Gasteiger partial charge on any atom is 0.164 e. The van der Waals surface area contributed by atoms with Crippen LogP contribution in [0.3, 0.4) is 0 Å². The number of hydrogen-bond donors (Lipinski definition) is 1. The zero-order valence-electron chi connectivity index (χ0n) is 29.9. The van der Waals surface area contributed by atoms with E-state index in [0.29, 0.717) is 17.5 Å². The molecule has 11 rings (SSSR count). The summed E-state index contributed by atoms with van der Waals surface area (Å²) in [5.41, 5.74) is 8.54. The van der Waals surface area contributed by atoms with E-state index >= 15 is 0 Å². The van der Waals surface area contributed by atoms with Gasteiger partial charge in [-0.25, -0.2) is 19.9 Å². The van der Waals surface area contributed by atoms with Crippen LogP contribution in [0.25, 0.3) is 75.5 Å². The summed E-state index contributed by atoms with van der Waals surface area (Å²) < 4.78 is 3.66. The molecule has 0 bridgehead atoms. The van der Waals surface area contributed by atoms with Crippen molar-refractivity contribution in [3.8, 4) is 45.3 Å². The number of rotatable bonds is 6. The number of nitrogens with zero attached hydrogens (tertiary/aromatic N) is 4. The standard InChI is InChI=1S/C49H31N5S2/c1-4-14-30(15-5-1)46-50-43(45-44(51-46)36-22-10-11-24-39(36)56-45)35-21-12-20-33(28-35)34-26-27-40-38(29-34)42-37(23-13-25-41(42)55-40)49-53-47(31-16-6-2-7-17-31)52-48(54-49)32-18-8-3-9-19-32/h1-29,43H,(H,50,51). The van der Waals surface area contributed by atoms with Crippen LogP contribution in [0.2, 0.25) is 0 Å². The molecule has 3 aromatic heterocycles. The third kappa shape index (κ3) is 5.68. The molecule has 10 aromatic rings. The number of nitrogens with one attached hydrogen (secondary N) is 1. The van der Waals surface area contributed by atoms with Crippen molar-refractivity contribution < 1.29 is 0 Å². The highest BCUT2D eigenvalue weighted by Gasteiger charge is 2.28. The molecule has 0 spiro atoms. The minimum Gasteiger partial charge on any atom is -0.358 e. The lowest BCUT2D eigenvalue weighted by molar-refractivity contribution is 0.766. The molecule has 4 heterocycles. The van der Waals surface area contributed by atoms with E-state index in [1.54, 1.807) is 11.3 Å². The molecule has 56 heavy (non-hydrogen) atoms. The summed E-state index contributed by atoms with van der Waals surface area (Å²) in [7, 11) is 0. The van der Waals surface area contributed by atoms with Crippen molar-refractivity contribution in [2.45, 2.75) is 6.04 Å². The Morgan fingerprint density at radius 3 is 1.77 bits per heavy atom. The molecule has 0 amide bonds. The van der Waals surface area contributed by atoms with Gasteiger partial charge in [-0.05, 0) is 47.0 Å². The largest absolute Gasteiger partial charge is 0.358 e. The summed E-state index contributed by atoms with van der Waals surface area (Å²) >= 11 is 3.62. The van der Waals surface area contributed by atoms with Crippen LogP contribution in [0.4, 0.5) is 5.69 Å². The Morgan fingerprint density at radius 2 is 1.02 bits per heavy atom. The fourth-order valence-corrected chi connectivity index (χ4v) is 10.0. The van der Waals surface area contributed by atoms with Gasteiger partial charge >= 0.3 is 0 Å². The van der Waals surface area contributed by atoms with Gasteiger partial charge in [0.25, 0.3) is 0 Å². The summed E-state index contributed by atoms with van der Waals surface area (Å²) in [4.78, 5) is 21.6. The highest BCUT2D eigenvalue weighted by molar-refractivity contribution is 7.26. The lowest BCUT2D eigenvalue weighted by atomic mass is 9.95. The van der Waals surface area contributed by atoms with Crippen molar-refractivity contribution >= 4 is 64.5 Å². The van der Waals surface area contributed by atoms with Crippen molar-refractivity contribution in [2.24, 2.45) is 4.99 Å². The highest BCUT2D eigenvalue weighted by Crippen LogP contribution is 2.47. The van der Waals surface area contributed by atoms with Gasteiger partial charge in [0.2, 0.25) is 0 Å². The first kappa shape index (κ1) is 32.6. The Labute approximate surface area is 331 Å². The second-order valence-electron chi connectivity index (χ2n) is 13.9. The second kappa shape index (κ2) is 13.5. The Morgan fingerprint density at radius 1 is 0.429 bits per heavy atom. The van der Waals surface area contributed by atoms with E-state index in [9.17, 15) is 0 Å². The molecule has 7 heteroatoms. The molecule has 0 saturated carbocycles. The predicted molar refractivity (Wildman–Crippen MR) is 234 cm³/mol. The molecular formula is C49H31N5S2. The Kier molecular flexibility index (Phi) is 7.86. The average Bonchev–Trinajstić information content (AvgIpc) is 3.85. The first-order chi connectivity index (χ1) is 27.7. The Balaban J connectivity index is 1.04. The van der Waals surface area contributed by atoms with Crippen molar-refractivity contribution in [1.82, 2.24) is 20.3 Å². The minimum absolute atomic E-state index is 0.0474. The molecule has 5 nitrogen and oxygen atoms in total. The van der Waals surface area contributed by atoms with Gasteiger partial charge in [-0.2, -0.15) is 0 Å². The minimum atomic E-state index is -0.0474. The topological polar surface area (TPSA) is 63.1 Å². The molecule has 1 aliphatic heterocycles. The molecule has 0 saturated heterocycles. The van der Waals surface area contributed by atoms with Gasteiger partial charge in [0.05, 0.1) is 16.6 Å². The van der Waals surface area contributed by atoms with Crippen molar-refractivity contribution in [3.05, 3.63) is 192 Å². The molecule has 7 aromatic carbocycles. The third-order valence-electron chi connectivity index (χ3n) is 10.4. The zero-order valence-corrected chi connectivity index (χ0v) is 31.6. The molecule has 1 N–H and O–H groups in total. The van der Waals surface area contributed by atoms with Gasteiger partial charge in [0, 0.05) is 52.5 Å². The lowest BCUT2D eigenvalue weighted by Crippen LogP contribution is -2.32. The van der Waals surface area contributed by atoms with Gasteiger partial charge in [-0.1, -0.05) is 146 Å². The van der Waals surface area contributed by atoms with E-state index in [-0.39, 0.29) is 6.04 Å². The first-order valence-electron chi connectivity index (χ1n) is 18.6. The van der Waals surface area contributed by atoms with Gasteiger partial charge in [-0.3, -0.25) is 0 Å². The van der Waals surface area contributed by atoms with Crippen molar-refractivity contribution in [1.29, 1.82) is 0 Å². The normalized spacial score (nSPS) is 13.8. The van der Waals surface area contributed by atoms with Gasteiger partial charge in [0.15, 0.2) is 17.5 Å². The van der Waals surface area contributed by atoms with Crippen LogP contribution >= 0.6 is 22.7 Å². The quantitative estimate of drug-likeness (QED) is 0.184. The number of hydrogen-bond acceptors (Lipinski definition) is 7. The van der Waals surface area contributed by atoms with Crippen LogP contribution < -0.4 is 5.32 Å². The Bertz CT molecular complexity index is 3060. The summed E-state index contributed by atoms with van der Waals surface area (Å²) in [6.07, 6.45) is 0. The van der Waals surface area contributed by atoms with E-state index < -0.39 is 0 Å². The lowest BCUT2D eigenvalue weighted by Gasteiger charge is -2.26. The fourth-order valence-electron chi connectivity index (χ4n) is 7.71. The molecular weight excluding hydrogens is 723 g/mol. The predicted octanol–water partition coefficient (Wildman–Crippen LogP) is 12.9. The van der Waals surface area contributed by atoms with E-state index in [1.165, 1.54) is 35.3 Å². The molecule has 264 valence electrons. The van der Waals surface area contributed by atoms with Crippen molar-refractivity contribution in [2.75, 3.05) is 0 Å². The van der Waals surface area contributed by atoms with Gasteiger partial charge in [-0.15, -0.1) is 22.7 Å². The summed E-state index contributed by atoms with van der Waals surface area (Å²) in [6.45, 7) is 0. The fraction of sp³-hybridized carbons (Fsp3) is 0.0204. The third-order valence-corrected chi connectivity index (χ3v) is 12.8. The summed E-state index contributed by atoms with van der Waals surface area (Å²) in [5, 5.41) is 7.37. The molecule has 1 aliphatic rings. The van der Waals surface area contributed by atoms with Gasteiger partial charge < -0.3 is 5.32 Å². The van der Waals surface area contributed by atoms with Gasteiger partial charge in [0.1, 0.15) is 5.84 Å². The van der Waals surface area contributed by atoms with Crippen LogP contribution in [-0.4, -0.2) is 20.8 Å². The first-order valence-corrected chi connectivity index (χ1v) is 20.2. The monoisotopic (exact) mass is 753 g/mol.